The smallest absolute Gasteiger partial charge is 0.222 e. The quantitative estimate of drug-likeness (QED) is 0.709. The number of benzene rings is 1. The molecule has 0 aliphatic carbocycles. The fraction of sp³-hybridized carbons (Fsp3) is 0.136. The van der Waals surface area contributed by atoms with Gasteiger partial charge in [-0.3, -0.25) is 4.99 Å². The molecule has 1 aromatic heterocycles. The minimum absolute atomic E-state index is 0.252. The van der Waals surface area contributed by atoms with Crippen molar-refractivity contribution in [3.63, 3.8) is 0 Å². The number of nitrogen functional groups attached to an aromatic ring is 1. The molecule has 0 spiro atoms. The summed E-state index contributed by atoms with van der Waals surface area (Å²) in [6.45, 7) is 5.66. The summed E-state index contributed by atoms with van der Waals surface area (Å²) in [5, 5.41) is 5.48. The van der Waals surface area contributed by atoms with Crippen molar-refractivity contribution < 1.29 is 0 Å². The predicted molar refractivity (Wildman–Crippen MR) is 119 cm³/mol. The Morgan fingerprint density at radius 2 is 2.18 bits per heavy atom. The van der Waals surface area contributed by atoms with Crippen LogP contribution in [0.1, 0.15) is 12.1 Å². The van der Waals surface area contributed by atoms with Gasteiger partial charge in [0.25, 0.3) is 0 Å². The van der Waals surface area contributed by atoms with Gasteiger partial charge < -0.3 is 11.1 Å². The molecule has 0 saturated carbocycles. The standard InChI is InChI=1S/C22H23N5S/c1-3-8-17(26-21-15-16(2)25-22(23)27-21)9-7-14-28-20-12-6-13-24-19-11-5-4-10-18(19)20/h3-11,13,15H,1,12,14H2,2H3,(H3,23,25,26,27)/b9-7-,17-8+. The minimum atomic E-state index is 0.252. The third-order valence-corrected chi connectivity index (χ3v) is 5.01. The number of hydrogen-bond donors (Lipinski definition) is 2. The van der Waals surface area contributed by atoms with E-state index in [1.54, 1.807) is 6.08 Å². The largest absolute Gasteiger partial charge is 0.368 e. The first-order valence-corrected chi connectivity index (χ1v) is 9.95. The maximum atomic E-state index is 5.73. The van der Waals surface area contributed by atoms with E-state index in [0.29, 0.717) is 5.82 Å². The zero-order chi connectivity index (χ0) is 19.8. The Morgan fingerprint density at radius 3 is 3.00 bits per heavy atom. The molecular formula is C22H23N5S. The summed E-state index contributed by atoms with van der Waals surface area (Å²) < 4.78 is 0. The second-order valence-corrected chi connectivity index (χ2v) is 7.22. The molecule has 1 aliphatic rings. The number of thioether (sulfide) groups is 1. The summed E-state index contributed by atoms with van der Waals surface area (Å²) >= 11 is 1.82. The van der Waals surface area contributed by atoms with Gasteiger partial charge in [0, 0.05) is 34.6 Å². The highest BCUT2D eigenvalue weighted by Gasteiger charge is 2.02. The van der Waals surface area contributed by atoms with Crippen LogP contribution in [-0.2, 0) is 0 Å². The van der Waals surface area contributed by atoms with Gasteiger partial charge in [-0.2, -0.15) is 4.98 Å². The summed E-state index contributed by atoms with van der Waals surface area (Å²) in [5.41, 5.74) is 7.42. The van der Waals surface area contributed by atoms with Crippen molar-refractivity contribution >= 4 is 28.4 Å². The van der Waals surface area contributed by atoms with E-state index in [9.17, 15) is 0 Å². The maximum Gasteiger partial charge on any atom is 0.222 e. The molecule has 0 bridgehead atoms. The van der Waals surface area contributed by atoms with E-state index in [1.807, 2.05) is 55.2 Å². The Balaban J connectivity index is 1.70. The van der Waals surface area contributed by atoms with Crippen molar-refractivity contribution in [3.05, 3.63) is 95.5 Å². The SMILES string of the molecule is C=C/C=C(\C=C/CSC1=c2ccccc2=NC=CC1)Nc1cc(C)nc(N)n1. The van der Waals surface area contributed by atoms with E-state index in [4.69, 9.17) is 5.73 Å². The third kappa shape index (κ3) is 5.44. The molecule has 2 aromatic rings. The molecule has 0 unspecified atom stereocenters. The van der Waals surface area contributed by atoms with Crippen LogP contribution in [0.5, 0.6) is 0 Å². The van der Waals surface area contributed by atoms with Gasteiger partial charge in [-0.15, -0.1) is 11.8 Å². The number of rotatable bonds is 7. The number of nitrogens with two attached hydrogens (primary N) is 1. The lowest BCUT2D eigenvalue weighted by Crippen LogP contribution is -2.25. The average molecular weight is 390 g/mol. The van der Waals surface area contributed by atoms with Crippen molar-refractivity contribution in [2.75, 3.05) is 16.8 Å². The van der Waals surface area contributed by atoms with E-state index in [1.165, 1.54) is 10.1 Å². The normalized spacial score (nSPS) is 13.8. The molecule has 0 fully saturated rings. The molecule has 6 heteroatoms. The second-order valence-electron chi connectivity index (χ2n) is 6.11. The Bertz CT molecular complexity index is 1050. The van der Waals surface area contributed by atoms with Gasteiger partial charge in [-0.1, -0.05) is 43.0 Å². The van der Waals surface area contributed by atoms with E-state index in [2.05, 4.69) is 51.1 Å². The molecule has 1 aromatic carbocycles. The zero-order valence-corrected chi connectivity index (χ0v) is 16.6. The lowest BCUT2D eigenvalue weighted by molar-refractivity contribution is 1.12. The average Bonchev–Trinajstić information content (AvgIpc) is 2.87. The fourth-order valence-electron chi connectivity index (χ4n) is 2.75. The van der Waals surface area contributed by atoms with E-state index >= 15 is 0 Å². The van der Waals surface area contributed by atoms with Crippen LogP contribution in [0.4, 0.5) is 11.8 Å². The molecule has 28 heavy (non-hydrogen) atoms. The van der Waals surface area contributed by atoms with Crippen LogP contribution in [0.25, 0.3) is 4.91 Å². The van der Waals surface area contributed by atoms with Gasteiger partial charge in [0.2, 0.25) is 5.95 Å². The van der Waals surface area contributed by atoms with Crippen LogP contribution in [0.2, 0.25) is 0 Å². The summed E-state index contributed by atoms with van der Waals surface area (Å²) in [6.07, 6.45) is 12.6. The minimum Gasteiger partial charge on any atom is -0.368 e. The lowest BCUT2D eigenvalue weighted by Gasteiger charge is -2.08. The Hall–Kier alpha value is -3.12. The number of nitrogens with zero attached hydrogens (tertiary/aromatic N) is 3. The molecule has 0 atom stereocenters. The van der Waals surface area contributed by atoms with Crippen molar-refractivity contribution in [1.82, 2.24) is 9.97 Å². The highest BCUT2D eigenvalue weighted by molar-refractivity contribution is 8.08. The molecule has 5 nitrogen and oxygen atoms in total. The number of para-hydroxylation sites is 1. The van der Waals surface area contributed by atoms with Crippen molar-refractivity contribution in [3.8, 4) is 0 Å². The lowest BCUT2D eigenvalue weighted by atomic mass is 10.2. The van der Waals surface area contributed by atoms with E-state index < -0.39 is 0 Å². The number of fused-ring (bicyclic) bond motifs is 1. The van der Waals surface area contributed by atoms with Crippen molar-refractivity contribution in [2.24, 2.45) is 4.99 Å². The topological polar surface area (TPSA) is 76.2 Å². The predicted octanol–water partition coefficient (Wildman–Crippen LogP) is 3.48. The second kappa shape index (κ2) is 9.71. The summed E-state index contributed by atoms with van der Waals surface area (Å²) in [6, 6.07) is 10.1. The highest BCUT2D eigenvalue weighted by atomic mass is 32.2. The molecule has 3 N–H and O–H groups in total. The summed E-state index contributed by atoms with van der Waals surface area (Å²) in [7, 11) is 0. The summed E-state index contributed by atoms with van der Waals surface area (Å²) in [5.74, 6) is 1.76. The Labute approximate surface area is 169 Å². The number of aromatic nitrogens is 2. The van der Waals surface area contributed by atoms with E-state index in [-0.39, 0.29) is 5.95 Å². The van der Waals surface area contributed by atoms with Crippen LogP contribution in [0, 0.1) is 6.92 Å². The van der Waals surface area contributed by atoms with Gasteiger partial charge in [0.1, 0.15) is 5.82 Å². The molecule has 1 aliphatic heterocycles. The fourth-order valence-corrected chi connectivity index (χ4v) is 3.69. The van der Waals surface area contributed by atoms with E-state index in [0.717, 1.165) is 28.9 Å². The number of nitrogens with one attached hydrogen (secondary N) is 1. The molecule has 142 valence electrons. The van der Waals surface area contributed by atoms with Crippen LogP contribution in [0.15, 0.2) is 84.2 Å². The molecule has 0 saturated heterocycles. The van der Waals surface area contributed by atoms with Gasteiger partial charge in [-0.25, -0.2) is 4.98 Å². The number of anilines is 2. The van der Waals surface area contributed by atoms with Gasteiger partial charge in [0.15, 0.2) is 0 Å². The van der Waals surface area contributed by atoms with Gasteiger partial charge >= 0.3 is 0 Å². The third-order valence-electron chi connectivity index (χ3n) is 3.92. The molecule has 3 rings (SSSR count). The zero-order valence-electron chi connectivity index (χ0n) is 15.8. The van der Waals surface area contributed by atoms with Crippen LogP contribution in [-0.4, -0.2) is 15.7 Å². The monoisotopic (exact) mass is 389 g/mol. The van der Waals surface area contributed by atoms with Gasteiger partial charge in [-0.05, 0) is 36.5 Å². The van der Waals surface area contributed by atoms with Crippen molar-refractivity contribution in [1.29, 1.82) is 0 Å². The van der Waals surface area contributed by atoms with Crippen LogP contribution >= 0.6 is 11.8 Å². The molecule has 0 radical (unpaired) electrons. The summed E-state index contributed by atoms with van der Waals surface area (Å²) in [4.78, 5) is 14.1. The van der Waals surface area contributed by atoms with Crippen LogP contribution in [0.3, 0.4) is 0 Å². The number of aryl methyl sites for hydroxylation is 1. The highest BCUT2D eigenvalue weighted by Crippen LogP contribution is 2.21. The number of hydrogen-bond acceptors (Lipinski definition) is 6. The van der Waals surface area contributed by atoms with Crippen LogP contribution < -0.4 is 21.6 Å². The van der Waals surface area contributed by atoms with Gasteiger partial charge in [0.05, 0.1) is 5.36 Å². The van der Waals surface area contributed by atoms with Crippen molar-refractivity contribution in [2.45, 2.75) is 13.3 Å². The Kier molecular flexibility index (Phi) is 6.81. The molecular weight excluding hydrogens is 366 g/mol. The first-order chi connectivity index (χ1) is 13.7. The Morgan fingerprint density at radius 1 is 1.32 bits per heavy atom. The first kappa shape index (κ1) is 19.6. The molecule has 0 amide bonds. The molecule has 2 heterocycles. The first-order valence-electron chi connectivity index (χ1n) is 8.97. The maximum absolute atomic E-state index is 5.73. The number of allylic oxidation sites excluding steroid dienone is 4.